The molecule has 0 bridgehead atoms. The molecule has 1 unspecified atom stereocenters. The Morgan fingerprint density at radius 2 is 2.20 bits per heavy atom. The molecule has 0 aliphatic heterocycles. The van der Waals surface area contributed by atoms with Crippen LogP contribution >= 0.6 is 0 Å². The normalized spacial score (nSPS) is 14.3. The fourth-order valence-electron chi connectivity index (χ4n) is 1.48. The second kappa shape index (κ2) is 4.28. The quantitative estimate of drug-likeness (QED) is 0.735. The fourth-order valence-corrected chi connectivity index (χ4v) is 1.48. The van der Waals surface area contributed by atoms with Crippen LogP contribution in [-0.4, -0.2) is 11.1 Å². The van der Waals surface area contributed by atoms with Crippen LogP contribution in [0.25, 0.3) is 0 Å². The largest absolute Gasteiger partial charge is 0.480 e. The Hall–Kier alpha value is -1.61. The summed E-state index contributed by atoms with van der Waals surface area (Å²) in [6, 6.07) is 7.26. The highest BCUT2D eigenvalue weighted by Crippen LogP contribution is 2.22. The molecule has 0 saturated carbocycles. The number of hydrogen-bond donors (Lipinski definition) is 2. The molecule has 3 heteroatoms. The monoisotopic (exact) mass is 205 g/mol. The second-order valence-electron chi connectivity index (χ2n) is 3.66. The molecule has 0 aliphatic rings. The number of carboxylic acids is 1. The number of carboxylic acid groups (broad SMARTS) is 1. The highest BCUT2D eigenvalue weighted by molar-refractivity contribution is 5.80. The summed E-state index contributed by atoms with van der Waals surface area (Å²) in [6.45, 7) is 5.13. The molecule has 0 spiro atoms. The minimum atomic E-state index is -1.35. The van der Waals surface area contributed by atoms with Gasteiger partial charge in [0.15, 0.2) is 0 Å². The van der Waals surface area contributed by atoms with Crippen molar-refractivity contribution in [2.75, 3.05) is 0 Å². The van der Waals surface area contributed by atoms with Crippen molar-refractivity contribution in [1.82, 2.24) is 0 Å². The Morgan fingerprint density at radius 1 is 1.60 bits per heavy atom. The SMILES string of the molecule is C=CCc1ccccc1C(C)(N)C(=O)O. The van der Waals surface area contributed by atoms with Crippen molar-refractivity contribution < 1.29 is 9.90 Å². The van der Waals surface area contributed by atoms with E-state index < -0.39 is 11.5 Å². The van der Waals surface area contributed by atoms with Gasteiger partial charge in [-0.25, -0.2) is 4.79 Å². The van der Waals surface area contributed by atoms with Gasteiger partial charge in [0.1, 0.15) is 5.54 Å². The highest BCUT2D eigenvalue weighted by atomic mass is 16.4. The van der Waals surface area contributed by atoms with E-state index in [4.69, 9.17) is 10.8 Å². The van der Waals surface area contributed by atoms with E-state index in [0.717, 1.165) is 5.56 Å². The summed E-state index contributed by atoms with van der Waals surface area (Å²) < 4.78 is 0. The zero-order chi connectivity index (χ0) is 11.5. The average Bonchev–Trinajstić information content (AvgIpc) is 2.18. The van der Waals surface area contributed by atoms with Gasteiger partial charge in [-0.2, -0.15) is 0 Å². The van der Waals surface area contributed by atoms with Crippen molar-refractivity contribution in [3.05, 3.63) is 48.0 Å². The predicted molar refractivity (Wildman–Crippen MR) is 59.5 cm³/mol. The maximum atomic E-state index is 11.0. The van der Waals surface area contributed by atoms with Crippen LogP contribution in [0, 0.1) is 0 Å². The third kappa shape index (κ3) is 2.25. The first kappa shape index (κ1) is 11.5. The van der Waals surface area contributed by atoms with Gasteiger partial charge >= 0.3 is 5.97 Å². The van der Waals surface area contributed by atoms with E-state index in [0.29, 0.717) is 12.0 Å². The van der Waals surface area contributed by atoms with Gasteiger partial charge in [0.05, 0.1) is 0 Å². The van der Waals surface area contributed by atoms with Crippen LogP contribution in [0.4, 0.5) is 0 Å². The summed E-state index contributed by atoms with van der Waals surface area (Å²) in [6.07, 6.45) is 2.35. The molecule has 3 nitrogen and oxygen atoms in total. The zero-order valence-corrected chi connectivity index (χ0v) is 8.73. The van der Waals surface area contributed by atoms with Crippen LogP contribution in [0.5, 0.6) is 0 Å². The minimum absolute atomic E-state index is 0.621. The van der Waals surface area contributed by atoms with Crippen LogP contribution < -0.4 is 5.73 Å². The molecule has 0 amide bonds. The van der Waals surface area contributed by atoms with Crippen LogP contribution in [0.1, 0.15) is 18.1 Å². The van der Waals surface area contributed by atoms with Gasteiger partial charge < -0.3 is 10.8 Å². The van der Waals surface area contributed by atoms with Crippen molar-refractivity contribution >= 4 is 5.97 Å². The number of carbonyl (C=O) groups is 1. The van der Waals surface area contributed by atoms with Gasteiger partial charge in [-0.15, -0.1) is 6.58 Å². The Kier molecular flexibility index (Phi) is 3.27. The van der Waals surface area contributed by atoms with Crippen molar-refractivity contribution in [3.8, 4) is 0 Å². The lowest BCUT2D eigenvalue weighted by molar-refractivity contribution is -0.143. The van der Waals surface area contributed by atoms with Gasteiger partial charge in [0.2, 0.25) is 0 Å². The van der Waals surface area contributed by atoms with Gasteiger partial charge in [-0.05, 0) is 24.5 Å². The third-order valence-corrected chi connectivity index (χ3v) is 2.39. The number of allylic oxidation sites excluding steroid dienone is 1. The molecule has 0 radical (unpaired) electrons. The molecule has 80 valence electrons. The van der Waals surface area contributed by atoms with Crippen LogP contribution in [0.2, 0.25) is 0 Å². The van der Waals surface area contributed by atoms with Crippen LogP contribution in [0.3, 0.4) is 0 Å². The van der Waals surface area contributed by atoms with Crippen molar-refractivity contribution in [1.29, 1.82) is 0 Å². The Morgan fingerprint density at radius 3 is 2.73 bits per heavy atom. The van der Waals surface area contributed by atoms with Gasteiger partial charge in [-0.1, -0.05) is 30.3 Å². The van der Waals surface area contributed by atoms with Gasteiger partial charge in [0.25, 0.3) is 0 Å². The van der Waals surface area contributed by atoms with Crippen molar-refractivity contribution in [2.24, 2.45) is 5.73 Å². The number of rotatable bonds is 4. The Labute approximate surface area is 89.2 Å². The molecule has 1 rings (SSSR count). The summed E-state index contributed by atoms with van der Waals surface area (Å²) in [5, 5.41) is 9.04. The molecule has 0 aliphatic carbocycles. The van der Waals surface area contributed by atoms with E-state index in [1.54, 1.807) is 18.2 Å². The maximum Gasteiger partial charge on any atom is 0.328 e. The van der Waals surface area contributed by atoms with E-state index in [1.165, 1.54) is 6.92 Å². The number of aliphatic carboxylic acids is 1. The lowest BCUT2D eigenvalue weighted by Crippen LogP contribution is -2.42. The van der Waals surface area contributed by atoms with E-state index in [-0.39, 0.29) is 0 Å². The van der Waals surface area contributed by atoms with E-state index >= 15 is 0 Å². The molecule has 0 fully saturated rings. The average molecular weight is 205 g/mol. The lowest BCUT2D eigenvalue weighted by Gasteiger charge is -2.22. The summed E-state index contributed by atoms with van der Waals surface area (Å²) in [5.74, 6) is -1.03. The molecule has 1 aromatic rings. The molecular formula is C12H15NO2. The molecular weight excluding hydrogens is 190 g/mol. The van der Waals surface area contributed by atoms with Crippen molar-refractivity contribution in [3.63, 3.8) is 0 Å². The standard InChI is InChI=1S/C12H15NO2/c1-3-6-9-7-4-5-8-10(9)12(2,13)11(14)15/h3-5,7-8H,1,6,13H2,2H3,(H,14,15). The smallest absolute Gasteiger partial charge is 0.328 e. The van der Waals surface area contributed by atoms with Crippen LogP contribution in [0.15, 0.2) is 36.9 Å². The first-order valence-corrected chi connectivity index (χ1v) is 4.71. The van der Waals surface area contributed by atoms with E-state index in [1.807, 2.05) is 12.1 Å². The zero-order valence-electron chi connectivity index (χ0n) is 8.73. The molecule has 0 aromatic heterocycles. The fraction of sp³-hybridized carbons (Fsp3) is 0.250. The predicted octanol–water partition coefficient (Wildman–Crippen LogP) is 1.67. The molecule has 15 heavy (non-hydrogen) atoms. The third-order valence-electron chi connectivity index (χ3n) is 2.39. The molecule has 0 heterocycles. The van der Waals surface area contributed by atoms with E-state index in [2.05, 4.69) is 6.58 Å². The lowest BCUT2D eigenvalue weighted by atomic mass is 9.88. The Balaban J connectivity index is 3.23. The molecule has 3 N–H and O–H groups in total. The van der Waals surface area contributed by atoms with Crippen LogP contribution in [-0.2, 0) is 16.8 Å². The summed E-state index contributed by atoms with van der Waals surface area (Å²) in [4.78, 5) is 11.0. The Bertz CT molecular complexity index is 383. The summed E-state index contributed by atoms with van der Waals surface area (Å²) in [5.41, 5.74) is 5.97. The van der Waals surface area contributed by atoms with E-state index in [9.17, 15) is 4.79 Å². The topological polar surface area (TPSA) is 63.3 Å². The van der Waals surface area contributed by atoms with Crippen molar-refractivity contribution in [2.45, 2.75) is 18.9 Å². The second-order valence-corrected chi connectivity index (χ2v) is 3.66. The van der Waals surface area contributed by atoms with Gasteiger partial charge in [0, 0.05) is 0 Å². The number of benzene rings is 1. The minimum Gasteiger partial charge on any atom is -0.480 e. The molecule has 1 aromatic carbocycles. The maximum absolute atomic E-state index is 11.0. The molecule has 1 atom stereocenters. The summed E-state index contributed by atoms with van der Waals surface area (Å²) in [7, 11) is 0. The first-order chi connectivity index (χ1) is 7.00. The number of nitrogens with two attached hydrogens (primary N) is 1. The van der Waals surface area contributed by atoms with Gasteiger partial charge in [-0.3, -0.25) is 0 Å². The summed E-state index contributed by atoms with van der Waals surface area (Å²) >= 11 is 0. The molecule has 0 saturated heterocycles. The first-order valence-electron chi connectivity index (χ1n) is 4.71. The highest BCUT2D eigenvalue weighted by Gasteiger charge is 2.31. The number of hydrogen-bond acceptors (Lipinski definition) is 2.